The van der Waals surface area contributed by atoms with E-state index in [-0.39, 0.29) is 6.10 Å². The Morgan fingerprint density at radius 2 is 1.20 bits per heavy atom. The summed E-state index contributed by atoms with van der Waals surface area (Å²) in [5.74, 6) is 0.675. The number of aliphatic hydroxyl groups is 1. The topological polar surface area (TPSA) is 45.0 Å². The average Bonchev–Trinajstić information content (AvgIpc) is 3.13. The Bertz CT molecular complexity index is 392. The zero-order chi connectivity index (χ0) is 14.0. The standard InChI is InChI=1S/C17H22N2O/c20-17(9-11-18-13-15-5-1-2-6-15)10-12-19-14-16-7-3-4-8-16/h1-8,13-17,20H,9-12H2. The molecule has 1 N–H and O–H groups in total. The number of allylic oxidation sites excluding steroid dienone is 8. The lowest BCUT2D eigenvalue weighted by atomic mass is 10.1. The predicted octanol–water partition coefficient (Wildman–Crippen LogP) is 2.75. The highest BCUT2D eigenvalue weighted by Crippen LogP contribution is 2.07. The van der Waals surface area contributed by atoms with E-state index in [9.17, 15) is 5.11 Å². The van der Waals surface area contributed by atoms with Crippen LogP contribution in [-0.4, -0.2) is 36.7 Å². The molecule has 0 atom stereocenters. The number of hydrogen-bond acceptors (Lipinski definition) is 3. The molecule has 106 valence electrons. The van der Waals surface area contributed by atoms with Crippen molar-refractivity contribution in [2.45, 2.75) is 18.9 Å². The Balaban J connectivity index is 1.52. The van der Waals surface area contributed by atoms with Crippen LogP contribution in [0.5, 0.6) is 0 Å². The van der Waals surface area contributed by atoms with E-state index in [2.05, 4.69) is 34.3 Å². The molecule has 0 saturated carbocycles. The third-order valence-electron chi connectivity index (χ3n) is 3.29. The van der Waals surface area contributed by atoms with Crippen LogP contribution in [0.3, 0.4) is 0 Å². The van der Waals surface area contributed by atoms with Crippen molar-refractivity contribution in [2.75, 3.05) is 13.1 Å². The third-order valence-corrected chi connectivity index (χ3v) is 3.29. The molecule has 0 amide bonds. The molecule has 0 radical (unpaired) electrons. The first-order valence-electron chi connectivity index (χ1n) is 7.22. The van der Waals surface area contributed by atoms with Crippen LogP contribution < -0.4 is 0 Å². The summed E-state index contributed by atoms with van der Waals surface area (Å²) in [4.78, 5) is 8.68. The van der Waals surface area contributed by atoms with Gasteiger partial charge in [0.1, 0.15) is 0 Å². The molecule has 0 aromatic heterocycles. The van der Waals surface area contributed by atoms with Gasteiger partial charge < -0.3 is 5.11 Å². The van der Waals surface area contributed by atoms with Crippen molar-refractivity contribution in [1.29, 1.82) is 0 Å². The van der Waals surface area contributed by atoms with E-state index in [1.54, 1.807) is 0 Å². The first-order valence-corrected chi connectivity index (χ1v) is 7.22. The van der Waals surface area contributed by atoms with Crippen molar-refractivity contribution in [3.8, 4) is 0 Å². The number of hydrogen-bond donors (Lipinski definition) is 1. The SMILES string of the molecule is OC(CCN=CC1C=CC=C1)CCN=CC1C=CC=C1. The van der Waals surface area contributed by atoms with Gasteiger partial charge in [-0.1, -0.05) is 48.6 Å². The van der Waals surface area contributed by atoms with Crippen molar-refractivity contribution in [1.82, 2.24) is 0 Å². The van der Waals surface area contributed by atoms with Gasteiger partial charge in [0, 0.05) is 37.4 Å². The quantitative estimate of drug-likeness (QED) is 0.677. The normalized spacial score (nSPS) is 20.2. The van der Waals surface area contributed by atoms with Gasteiger partial charge in [-0.05, 0) is 12.8 Å². The molecular weight excluding hydrogens is 248 g/mol. The van der Waals surface area contributed by atoms with Crippen LogP contribution in [0.2, 0.25) is 0 Å². The fourth-order valence-corrected chi connectivity index (χ4v) is 2.08. The minimum atomic E-state index is -0.311. The zero-order valence-corrected chi connectivity index (χ0v) is 11.7. The summed E-state index contributed by atoms with van der Waals surface area (Å²) in [6.45, 7) is 1.36. The lowest BCUT2D eigenvalue weighted by Gasteiger charge is -2.06. The maximum absolute atomic E-state index is 9.83. The first-order chi connectivity index (χ1) is 9.84. The van der Waals surface area contributed by atoms with Crippen molar-refractivity contribution in [3.05, 3.63) is 48.6 Å². The fourth-order valence-electron chi connectivity index (χ4n) is 2.08. The molecule has 0 spiro atoms. The van der Waals surface area contributed by atoms with E-state index in [4.69, 9.17) is 0 Å². The minimum Gasteiger partial charge on any atom is -0.393 e. The average molecular weight is 270 g/mol. The highest BCUT2D eigenvalue weighted by Gasteiger charge is 2.03. The smallest absolute Gasteiger partial charge is 0.0575 e. The van der Waals surface area contributed by atoms with Crippen LogP contribution in [0.15, 0.2) is 58.6 Å². The van der Waals surface area contributed by atoms with Crippen LogP contribution >= 0.6 is 0 Å². The first kappa shape index (κ1) is 14.7. The highest BCUT2D eigenvalue weighted by atomic mass is 16.3. The van der Waals surface area contributed by atoms with Gasteiger partial charge in [0.2, 0.25) is 0 Å². The largest absolute Gasteiger partial charge is 0.393 e. The molecule has 3 heteroatoms. The van der Waals surface area contributed by atoms with Gasteiger partial charge in [-0.3, -0.25) is 9.98 Å². The molecule has 0 fully saturated rings. The van der Waals surface area contributed by atoms with E-state index in [1.807, 2.05) is 36.7 Å². The molecule has 0 aliphatic heterocycles. The van der Waals surface area contributed by atoms with Crippen molar-refractivity contribution < 1.29 is 5.11 Å². The summed E-state index contributed by atoms with van der Waals surface area (Å²) in [6.07, 6.45) is 21.5. The van der Waals surface area contributed by atoms with Gasteiger partial charge in [0.15, 0.2) is 0 Å². The molecule has 3 nitrogen and oxygen atoms in total. The molecule has 2 aliphatic rings. The van der Waals surface area contributed by atoms with E-state index >= 15 is 0 Å². The molecule has 20 heavy (non-hydrogen) atoms. The van der Waals surface area contributed by atoms with Gasteiger partial charge in [-0.2, -0.15) is 0 Å². The van der Waals surface area contributed by atoms with Crippen LogP contribution in [0, 0.1) is 11.8 Å². The summed E-state index contributed by atoms with van der Waals surface area (Å²) in [5.41, 5.74) is 0. The van der Waals surface area contributed by atoms with Crippen LogP contribution in [0.25, 0.3) is 0 Å². The second-order valence-electron chi connectivity index (χ2n) is 5.04. The lowest BCUT2D eigenvalue weighted by Crippen LogP contribution is -2.10. The fraction of sp³-hybridized carbons (Fsp3) is 0.412. The molecule has 2 rings (SSSR count). The Morgan fingerprint density at radius 3 is 1.60 bits per heavy atom. The highest BCUT2D eigenvalue weighted by molar-refractivity contribution is 5.67. The summed E-state index contributed by atoms with van der Waals surface area (Å²) < 4.78 is 0. The Labute approximate surface area is 120 Å². The second kappa shape index (κ2) is 8.43. The van der Waals surface area contributed by atoms with Gasteiger partial charge in [0.25, 0.3) is 0 Å². The van der Waals surface area contributed by atoms with E-state index in [1.165, 1.54) is 0 Å². The van der Waals surface area contributed by atoms with Crippen LogP contribution in [0.4, 0.5) is 0 Å². The monoisotopic (exact) mass is 270 g/mol. The summed E-state index contributed by atoms with van der Waals surface area (Å²) in [6, 6.07) is 0. The Morgan fingerprint density at radius 1 is 0.800 bits per heavy atom. The minimum absolute atomic E-state index is 0.311. The van der Waals surface area contributed by atoms with Gasteiger partial charge in [-0.25, -0.2) is 0 Å². The maximum Gasteiger partial charge on any atom is 0.0575 e. The van der Waals surface area contributed by atoms with Crippen LogP contribution in [-0.2, 0) is 0 Å². The molecule has 0 unspecified atom stereocenters. The summed E-state index contributed by atoms with van der Waals surface area (Å²) in [5, 5.41) is 9.83. The van der Waals surface area contributed by atoms with Gasteiger partial charge in [-0.15, -0.1) is 0 Å². The van der Waals surface area contributed by atoms with Crippen molar-refractivity contribution in [2.24, 2.45) is 21.8 Å². The molecular formula is C17H22N2O. The van der Waals surface area contributed by atoms with E-state index in [0.29, 0.717) is 37.8 Å². The van der Waals surface area contributed by atoms with Crippen molar-refractivity contribution in [3.63, 3.8) is 0 Å². The van der Waals surface area contributed by atoms with E-state index in [0.717, 1.165) is 0 Å². The Hall–Kier alpha value is -1.74. The number of rotatable bonds is 8. The Kier molecular flexibility index (Phi) is 6.18. The zero-order valence-electron chi connectivity index (χ0n) is 11.7. The molecule has 0 aromatic rings. The number of aliphatic imine (C=N–C) groups is 2. The second-order valence-corrected chi connectivity index (χ2v) is 5.04. The van der Waals surface area contributed by atoms with Gasteiger partial charge >= 0.3 is 0 Å². The molecule has 2 aliphatic carbocycles. The number of nitrogens with zero attached hydrogens (tertiary/aromatic N) is 2. The van der Waals surface area contributed by atoms with Crippen molar-refractivity contribution >= 4 is 12.4 Å². The predicted molar refractivity (Wildman–Crippen MR) is 85.5 cm³/mol. The molecule has 0 heterocycles. The summed E-state index contributed by atoms with van der Waals surface area (Å²) in [7, 11) is 0. The van der Waals surface area contributed by atoms with Gasteiger partial charge in [0.05, 0.1) is 6.10 Å². The third kappa shape index (κ3) is 5.49. The van der Waals surface area contributed by atoms with E-state index < -0.39 is 0 Å². The molecule has 0 aromatic carbocycles. The molecule has 0 saturated heterocycles. The lowest BCUT2D eigenvalue weighted by molar-refractivity contribution is 0.160. The molecule has 0 bridgehead atoms. The number of aliphatic hydroxyl groups excluding tert-OH is 1. The maximum atomic E-state index is 9.83. The van der Waals surface area contributed by atoms with Crippen LogP contribution in [0.1, 0.15) is 12.8 Å². The summed E-state index contributed by atoms with van der Waals surface area (Å²) >= 11 is 0.